The molecule has 0 aliphatic carbocycles. The molecule has 0 radical (unpaired) electrons. The van der Waals surface area contributed by atoms with Gasteiger partial charge in [-0.1, -0.05) is 0 Å². The van der Waals surface area contributed by atoms with Crippen molar-refractivity contribution in [1.29, 1.82) is 0 Å². The van der Waals surface area contributed by atoms with E-state index in [-0.39, 0.29) is 12.1 Å². The molecule has 0 aromatic carbocycles. The van der Waals surface area contributed by atoms with Gasteiger partial charge in [0.1, 0.15) is 12.9 Å². The van der Waals surface area contributed by atoms with E-state index in [4.69, 9.17) is 0 Å². The maximum Gasteiger partial charge on any atom is 0.325 e. The number of esters is 1. The highest BCUT2D eigenvalue weighted by Gasteiger charge is 2.10. The Morgan fingerprint density at radius 2 is 2.24 bits per heavy atom. The van der Waals surface area contributed by atoms with Crippen molar-refractivity contribution < 1.29 is 9.53 Å². The number of hydrogen-bond donors (Lipinski definition) is 0. The number of fused-ring (bicyclic) bond motifs is 1. The molecule has 2 rings (SSSR count). The van der Waals surface area contributed by atoms with Crippen molar-refractivity contribution in [3.63, 3.8) is 0 Å². The molecule has 0 bridgehead atoms. The summed E-state index contributed by atoms with van der Waals surface area (Å²) in [6.45, 7) is 1.65. The second-order valence-electron chi connectivity index (χ2n) is 3.58. The Bertz CT molecular complexity index is 633. The number of ether oxygens (including phenoxy) is 1. The lowest BCUT2D eigenvalue weighted by molar-refractivity contribution is -0.141. The Hall–Kier alpha value is -2.24. The van der Waals surface area contributed by atoms with Gasteiger partial charge in [0.25, 0.3) is 5.56 Å². The van der Waals surface area contributed by atoms with E-state index >= 15 is 0 Å². The zero-order valence-corrected chi connectivity index (χ0v) is 9.51. The van der Waals surface area contributed by atoms with Crippen molar-refractivity contribution in [1.82, 2.24) is 14.5 Å². The van der Waals surface area contributed by atoms with E-state index in [0.717, 1.165) is 5.56 Å². The average Bonchev–Trinajstić information content (AvgIpc) is 2.32. The normalized spacial score (nSPS) is 10.5. The number of pyridine rings is 1. The molecule has 0 aliphatic rings. The minimum Gasteiger partial charge on any atom is -0.468 e. The second kappa shape index (κ2) is 4.32. The maximum atomic E-state index is 12.1. The zero-order chi connectivity index (χ0) is 12.4. The fourth-order valence-electron chi connectivity index (χ4n) is 1.54. The van der Waals surface area contributed by atoms with Gasteiger partial charge in [0.15, 0.2) is 5.65 Å². The molecule has 2 heterocycles. The van der Waals surface area contributed by atoms with Crippen LogP contribution < -0.4 is 5.56 Å². The summed E-state index contributed by atoms with van der Waals surface area (Å²) in [5, 5.41) is 0.430. The summed E-state index contributed by atoms with van der Waals surface area (Å²) in [7, 11) is 1.27. The van der Waals surface area contributed by atoms with Gasteiger partial charge in [0.05, 0.1) is 12.5 Å². The van der Waals surface area contributed by atoms with Gasteiger partial charge in [0.2, 0.25) is 0 Å². The van der Waals surface area contributed by atoms with E-state index in [1.165, 1.54) is 18.0 Å². The van der Waals surface area contributed by atoms with Crippen molar-refractivity contribution in [2.24, 2.45) is 0 Å². The Balaban J connectivity index is 2.61. The molecule has 0 fully saturated rings. The van der Waals surface area contributed by atoms with Crippen LogP contribution in [0.2, 0.25) is 0 Å². The first-order chi connectivity index (χ1) is 8.13. The van der Waals surface area contributed by atoms with Gasteiger partial charge in [-0.05, 0) is 18.6 Å². The van der Waals surface area contributed by atoms with Gasteiger partial charge in [-0.15, -0.1) is 0 Å². The first-order valence-corrected chi connectivity index (χ1v) is 5.01. The molecule has 6 heteroatoms. The van der Waals surface area contributed by atoms with Crippen LogP contribution in [0.3, 0.4) is 0 Å². The van der Waals surface area contributed by atoms with E-state index in [1.807, 2.05) is 0 Å². The molecule has 0 N–H and O–H groups in total. The van der Waals surface area contributed by atoms with Crippen molar-refractivity contribution in [2.45, 2.75) is 13.5 Å². The lowest BCUT2D eigenvalue weighted by Crippen LogP contribution is -2.25. The summed E-state index contributed by atoms with van der Waals surface area (Å²) < 4.78 is 5.72. The lowest BCUT2D eigenvalue weighted by Gasteiger charge is -2.05. The quantitative estimate of drug-likeness (QED) is 0.696. The topological polar surface area (TPSA) is 74.1 Å². The predicted octanol–water partition coefficient (Wildman–Crippen LogP) is 0.273. The number of nitrogens with zero attached hydrogens (tertiary/aromatic N) is 3. The molecule has 17 heavy (non-hydrogen) atoms. The van der Waals surface area contributed by atoms with Crippen LogP contribution in [-0.2, 0) is 16.1 Å². The van der Waals surface area contributed by atoms with Gasteiger partial charge in [0, 0.05) is 6.20 Å². The van der Waals surface area contributed by atoms with Crippen molar-refractivity contribution >= 4 is 17.0 Å². The molecule has 0 aliphatic heterocycles. The number of hydrogen-bond acceptors (Lipinski definition) is 5. The third kappa shape index (κ3) is 2.01. The first kappa shape index (κ1) is 11.3. The number of carbonyl (C=O) groups excluding carboxylic acids is 1. The average molecular weight is 233 g/mol. The van der Waals surface area contributed by atoms with Crippen molar-refractivity contribution in [3.8, 4) is 0 Å². The highest BCUT2D eigenvalue weighted by Crippen LogP contribution is 2.07. The molecule has 0 spiro atoms. The Labute approximate surface area is 96.9 Å². The van der Waals surface area contributed by atoms with Crippen LogP contribution in [0.15, 0.2) is 23.4 Å². The largest absolute Gasteiger partial charge is 0.468 e. The van der Waals surface area contributed by atoms with E-state index in [1.54, 1.807) is 19.2 Å². The van der Waals surface area contributed by atoms with Gasteiger partial charge in [-0.3, -0.25) is 14.2 Å². The van der Waals surface area contributed by atoms with E-state index in [0.29, 0.717) is 11.0 Å². The van der Waals surface area contributed by atoms with Crippen LogP contribution in [0.4, 0.5) is 0 Å². The molecule has 0 saturated carbocycles. The third-order valence-corrected chi connectivity index (χ3v) is 2.46. The molecular weight excluding hydrogens is 222 g/mol. The summed E-state index contributed by atoms with van der Waals surface area (Å²) >= 11 is 0. The molecule has 0 unspecified atom stereocenters. The lowest BCUT2D eigenvalue weighted by atomic mass is 10.2. The summed E-state index contributed by atoms with van der Waals surface area (Å²) in [6, 6.07) is 1.73. The minimum atomic E-state index is -0.491. The molecule has 0 amide bonds. The number of aryl methyl sites for hydroxylation is 1. The minimum absolute atomic E-state index is 0.146. The van der Waals surface area contributed by atoms with Gasteiger partial charge in [-0.2, -0.15) is 0 Å². The third-order valence-electron chi connectivity index (χ3n) is 2.46. The van der Waals surface area contributed by atoms with E-state index < -0.39 is 5.97 Å². The number of rotatable bonds is 2. The Kier molecular flexibility index (Phi) is 2.86. The standard InChI is InChI=1S/C11H11N3O3/c1-7-3-4-12-10-9(7)11(16)14(6-13-10)5-8(15)17-2/h3-4,6H,5H2,1-2H3. The van der Waals surface area contributed by atoms with Crippen LogP contribution in [0, 0.1) is 6.92 Å². The summed E-state index contributed by atoms with van der Waals surface area (Å²) in [5.74, 6) is -0.491. The Morgan fingerprint density at radius 1 is 1.47 bits per heavy atom. The van der Waals surface area contributed by atoms with E-state index in [2.05, 4.69) is 14.7 Å². The maximum absolute atomic E-state index is 12.1. The van der Waals surface area contributed by atoms with Crippen molar-refractivity contribution in [2.75, 3.05) is 7.11 Å². The van der Waals surface area contributed by atoms with Gasteiger partial charge < -0.3 is 4.74 Å². The van der Waals surface area contributed by atoms with Crippen LogP contribution in [0.1, 0.15) is 5.56 Å². The molecule has 6 nitrogen and oxygen atoms in total. The van der Waals surface area contributed by atoms with Crippen LogP contribution in [0.5, 0.6) is 0 Å². The number of methoxy groups -OCH3 is 1. The SMILES string of the molecule is COC(=O)Cn1cnc2nccc(C)c2c1=O. The van der Waals surface area contributed by atoms with Gasteiger partial charge in [-0.25, -0.2) is 9.97 Å². The van der Waals surface area contributed by atoms with Crippen LogP contribution in [-0.4, -0.2) is 27.6 Å². The number of aromatic nitrogens is 3. The molecule has 0 atom stereocenters. The monoisotopic (exact) mass is 233 g/mol. The fourth-order valence-corrected chi connectivity index (χ4v) is 1.54. The molecule has 0 saturated heterocycles. The highest BCUT2D eigenvalue weighted by molar-refractivity contribution is 5.77. The first-order valence-electron chi connectivity index (χ1n) is 5.01. The Morgan fingerprint density at radius 3 is 2.94 bits per heavy atom. The van der Waals surface area contributed by atoms with Gasteiger partial charge >= 0.3 is 5.97 Å². The summed E-state index contributed by atoms with van der Waals surface area (Å²) in [4.78, 5) is 31.2. The molecule has 88 valence electrons. The molecule has 2 aromatic heterocycles. The van der Waals surface area contributed by atoms with Crippen molar-refractivity contribution in [3.05, 3.63) is 34.5 Å². The van der Waals surface area contributed by atoms with Crippen LogP contribution >= 0.6 is 0 Å². The summed E-state index contributed by atoms with van der Waals surface area (Å²) in [5.41, 5.74) is 0.883. The number of carbonyl (C=O) groups is 1. The molecular formula is C11H11N3O3. The molecule has 2 aromatic rings. The van der Waals surface area contributed by atoms with Crippen LogP contribution in [0.25, 0.3) is 11.0 Å². The smallest absolute Gasteiger partial charge is 0.325 e. The zero-order valence-electron chi connectivity index (χ0n) is 9.51. The highest BCUT2D eigenvalue weighted by atomic mass is 16.5. The summed E-state index contributed by atoms with van der Waals surface area (Å²) in [6.07, 6.45) is 2.89. The van der Waals surface area contributed by atoms with E-state index in [9.17, 15) is 9.59 Å². The second-order valence-corrected chi connectivity index (χ2v) is 3.58. The fraction of sp³-hybridized carbons (Fsp3) is 0.273. The predicted molar refractivity (Wildman–Crippen MR) is 60.6 cm³/mol.